The third kappa shape index (κ3) is 4.01. The molecule has 0 aromatic heterocycles. The molecule has 4 rings (SSSR count). The highest BCUT2D eigenvalue weighted by molar-refractivity contribution is 5.85. The van der Waals surface area contributed by atoms with Crippen molar-refractivity contribution >= 4 is 0 Å². The summed E-state index contributed by atoms with van der Waals surface area (Å²) in [6.45, 7) is 13.9. The molecule has 3 aromatic carbocycles. The molecule has 0 amide bonds. The Hall–Kier alpha value is -2.60. The zero-order valence-electron chi connectivity index (χ0n) is 20.0. The standard InChI is InChI=1S/C31H36/c1-7-8-12-22(6)31-28(20(2)3)18-24(19-29(31)21(4)5)26-15-11-16-27-25-14-10-9-13-23(25)17-30(26)27/h7-11,13-16,18-22H,12,17H2,1-6H3/b8-7-. The summed E-state index contributed by atoms with van der Waals surface area (Å²) in [5.41, 5.74) is 13.2. The van der Waals surface area contributed by atoms with Gasteiger partial charge in [-0.2, -0.15) is 0 Å². The quantitative estimate of drug-likeness (QED) is 0.279. The smallest absolute Gasteiger partial charge is 0.000729 e. The van der Waals surface area contributed by atoms with Crippen molar-refractivity contribution in [3.8, 4) is 22.3 Å². The molecule has 3 aromatic rings. The van der Waals surface area contributed by atoms with Crippen LogP contribution in [0, 0.1) is 0 Å². The van der Waals surface area contributed by atoms with E-state index in [0.717, 1.165) is 12.8 Å². The predicted molar refractivity (Wildman–Crippen MR) is 136 cm³/mol. The first kappa shape index (κ1) is 21.6. The minimum absolute atomic E-state index is 0.509. The Morgan fingerprint density at radius 2 is 1.39 bits per heavy atom. The van der Waals surface area contributed by atoms with Crippen molar-refractivity contribution < 1.29 is 0 Å². The third-order valence-electron chi connectivity index (χ3n) is 6.87. The van der Waals surface area contributed by atoms with Crippen molar-refractivity contribution in [2.45, 2.75) is 72.1 Å². The summed E-state index contributed by atoms with van der Waals surface area (Å²) in [6, 6.07) is 20.7. The fourth-order valence-electron chi connectivity index (χ4n) is 5.26. The van der Waals surface area contributed by atoms with Crippen LogP contribution >= 0.6 is 0 Å². The van der Waals surface area contributed by atoms with E-state index in [4.69, 9.17) is 0 Å². The van der Waals surface area contributed by atoms with Crippen molar-refractivity contribution in [2.24, 2.45) is 0 Å². The first-order valence-corrected chi connectivity index (χ1v) is 11.9. The highest BCUT2D eigenvalue weighted by atomic mass is 14.3. The van der Waals surface area contributed by atoms with E-state index in [1.165, 1.54) is 44.5 Å². The van der Waals surface area contributed by atoms with Crippen LogP contribution in [-0.2, 0) is 6.42 Å². The Bertz CT molecular complexity index is 1080. The lowest BCUT2D eigenvalue weighted by Gasteiger charge is -2.26. The van der Waals surface area contributed by atoms with Gasteiger partial charge in [0, 0.05) is 0 Å². The van der Waals surface area contributed by atoms with E-state index in [1.807, 2.05) is 0 Å². The summed E-state index contributed by atoms with van der Waals surface area (Å²) in [5.74, 6) is 1.55. The number of rotatable bonds is 6. The van der Waals surface area contributed by atoms with Crippen molar-refractivity contribution in [1.82, 2.24) is 0 Å². The lowest BCUT2D eigenvalue weighted by Crippen LogP contribution is -2.08. The largest absolute Gasteiger partial charge is 0.0916 e. The van der Waals surface area contributed by atoms with Gasteiger partial charge in [-0.25, -0.2) is 0 Å². The molecule has 31 heavy (non-hydrogen) atoms. The molecule has 160 valence electrons. The van der Waals surface area contributed by atoms with E-state index in [2.05, 4.69) is 108 Å². The van der Waals surface area contributed by atoms with E-state index in [9.17, 15) is 0 Å². The normalized spacial score (nSPS) is 13.8. The SMILES string of the molecule is C/C=C\CC(C)c1c(C(C)C)cc(-c2cccc3c2Cc2ccccc2-3)cc1C(C)C. The second kappa shape index (κ2) is 8.87. The molecule has 0 N–H and O–H groups in total. The van der Waals surface area contributed by atoms with Gasteiger partial charge in [0.1, 0.15) is 0 Å². The van der Waals surface area contributed by atoms with E-state index < -0.39 is 0 Å². The van der Waals surface area contributed by atoms with Crippen LogP contribution in [0.1, 0.15) is 93.5 Å². The van der Waals surface area contributed by atoms with Crippen LogP contribution < -0.4 is 0 Å². The molecule has 0 heterocycles. The number of benzene rings is 3. The van der Waals surface area contributed by atoms with Gasteiger partial charge in [0.25, 0.3) is 0 Å². The van der Waals surface area contributed by atoms with Crippen LogP contribution in [0.2, 0.25) is 0 Å². The number of hydrogen-bond acceptors (Lipinski definition) is 0. The molecule has 1 aliphatic rings. The summed E-state index contributed by atoms with van der Waals surface area (Å²) < 4.78 is 0. The zero-order valence-corrected chi connectivity index (χ0v) is 20.0. The maximum absolute atomic E-state index is 2.50. The van der Waals surface area contributed by atoms with Crippen LogP contribution in [0.25, 0.3) is 22.3 Å². The fourth-order valence-corrected chi connectivity index (χ4v) is 5.26. The summed E-state index contributed by atoms with van der Waals surface area (Å²) >= 11 is 0. The zero-order chi connectivity index (χ0) is 22.1. The van der Waals surface area contributed by atoms with Gasteiger partial charge in [-0.3, -0.25) is 0 Å². The molecule has 0 spiro atoms. The Morgan fingerprint density at radius 3 is 2.03 bits per heavy atom. The fraction of sp³-hybridized carbons (Fsp3) is 0.355. The topological polar surface area (TPSA) is 0 Å². The molecule has 0 heteroatoms. The number of allylic oxidation sites excluding steroid dienone is 2. The Labute approximate surface area is 189 Å². The van der Waals surface area contributed by atoms with Crippen molar-refractivity contribution in [3.05, 3.63) is 94.6 Å². The Morgan fingerprint density at radius 1 is 0.774 bits per heavy atom. The van der Waals surface area contributed by atoms with E-state index >= 15 is 0 Å². The van der Waals surface area contributed by atoms with E-state index in [1.54, 1.807) is 5.56 Å². The predicted octanol–water partition coefficient (Wildman–Crippen LogP) is 9.24. The van der Waals surface area contributed by atoms with Crippen LogP contribution in [0.15, 0.2) is 66.7 Å². The van der Waals surface area contributed by atoms with Crippen LogP contribution in [0.4, 0.5) is 0 Å². The van der Waals surface area contributed by atoms with Crippen molar-refractivity contribution in [2.75, 3.05) is 0 Å². The average molecular weight is 409 g/mol. The number of fused-ring (bicyclic) bond motifs is 3. The first-order chi connectivity index (χ1) is 14.9. The highest BCUT2D eigenvalue weighted by Crippen LogP contribution is 2.44. The monoisotopic (exact) mass is 408 g/mol. The summed E-state index contributed by atoms with van der Waals surface area (Å²) in [5, 5.41) is 0. The average Bonchev–Trinajstić information content (AvgIpc) is 3.15. The molecule has 0 saturated heterocycles. The third-order valence-corrected chi connectivity index (χ3v) is 6.87. The minimum atomic E-state index is 0.509. The molecule has 1 aliphatic carbocycles. The van der Waals surface area contributed by atoms with Gasteiger partial charge < -0.3 is 0 Å². The molecule has 0 radical (unpaired) electrons. The van der Waals surface area contributed by atoms with Crippen LogP contribution in [0.5, 0.6) is 0 Å². The molecule has 1 atom stereocenters. The Kier molecular flexibility index (Phi) is 6.19. The second-order valence-corrected chi connectivity index (χ2v) is 9.75. The van der Waals surface area contributed by atoms with Gasteiger partial charge in [-0.15, -0.1) is 0 Å². The second-order valence-electron chi connectivity index (χ2n) is 9.75. The molecule has 0 nitrogen and oxygen atoms in total. The Balaban J connectivity index is 1.90. The van der Waals surface area contributed by atoms with Gasteiger partial charge in [0.05, 0.1) is 0 Å². The van der Waals surface area contributed by atoms with Gasteiger partial charge >= 0.3 is 0 Å². The van der Waals surface area contributed by atoms with E-state index in [0.29, 0.717) is 17.8 Å². The molecule has 0 saturated carbocycles. The molecule has 0 aliphatic heterocycles. The van der Waals surface area contributed by atoms with Gasteiger partial charge in [-0.1, -0.05) is 101 Å². The molecule has 0 fully saturated rings. The maximum atomic E-state index is 2.50. The van der Waals surface area contributed by atoms with Gasteiger partial charge in [0.15, 0.2) is 0 Å². The molecular weight excluding hydrogens is 372 g/mol. The molecular formula is C31H36. The van der Waals surface area contributed by atoms with Gasteiger partial charge in [-0.05, 0) is 87.6 Å². The van der Waals surface area contributed by atoms with Gasteiger partial charge in [0.2, 0.25) is 0 Å². The highest BCUT2D eigenvalue weighted by Gasteiger charge is 2.24. The summed E-state index contributed by atoms with van der Waals surface area (Å²) in [7, 11) is 0. The van der Waals surface area contributed by atoms with Crippen LogP contribution in [-0.4, -0.2) is 0 Å². The summed E-state index contributed by atoms with van der Waals surface area (Å²) in [4.78, 5) is 0. The molecule has 0 bridgehead atoms. The maximum Gasteiger partial charge on any atom is -0.000729 e. The van der Waals surface area contributed by atoms with Crippen molar-refractivity contribution in [1.29, 1.82) is 0 Å². The van der Waals surface area contributed by atoms with Crippen molar-refractivity contribution in [3.63, 3.8) is 0 Å². The lowest BCUT2D eigenvalue weighted by molar-refractivity contribution is 0.711. The van der Waals surface area contributed by atoms with Crippen LogP contribution in [0.3, 0.4) is 0 Å². The lowest BCUT2D eigenvalue weighted by atomic mass is 9.79. The summed E-state index contributed by atoms with van der Waals surface area (Å²) in [6.07, 6.45) is 6.63. The first-order valence-electron chi connectivity index (χ1n) is 11.9. The van der Waals surface area contributed by atoms with E-state index in [-0.39, 0.29) is 0 Å². The molecule has 1 unspecified atom stereocenters. The minimum Gasteiger partial charge on any atom is -0.0916 e. The number of hydrogen-bond donors (Lipinski definition) is 0.